The van der Waals surface area contributed by atoms with Crippen LogP contribution in [0.25, 0.3) is 11.1 Å². The summed E-state index contributed by atoms with van der Waals surface area (Å²) < 4.78 is 74.0. The number of hydrogen-bond donors (Lipinski definition) is 2. The van der Waals surface area contributed by atoms with Gasteiger partial charge in [-0.15, -0.1) is 0 Å². The summed E-state index contributed by atoms with van der Waals surface area (Å²) in [5.41, 5.74) is 1.58. The number of sulfonamides is 1. The molecule has 0 saturated heterocycles. The maximum atomic E-state index is 14.0. The molecule has 0 saturated carbocycles. The first-order valence-corrected chi connectivity index (χ1v) is 15.0. The third kappa shape index (κ3) is 6.70. The van der Waals surface area contributed by atoms with Gasteiger partial charge in [0.15, 0.2) is 0 Å². The SMILES string of the molecule is O=C(O)CCOc1cccc(CNC(=O)[C@@H]2Cc3ccccc3N2S(=O)(=O)c2ccc(-c3cccc(C(F)(F)F)c3)cc2)c1. The van der Waals surface area contributed by atoms with Gasteiger partial charge < -0.3 is 15.2 Å². The first-order chi connectivity index (χ1) is 20.9. The van der Waals surface area contributed by atoms with Crippen molar-refractivity contribution in [2.24, 2.45) is 0 Å². The lowest BCUT2D eigenvalue weighted by Gasteiger charge is -2.26. The lowest BCUT2D eigenvalue weighted by atomic mass is 10.0. The van der Waals surface area contributed by atoms with E-state index in [1.807, 2.05) is 0 Å². The van der Waals surface area contributed by atoms with Crippen LogP contribution in [0.5, 0.6) is 5.75 Å². The summed E-state index contributed by atoms with van der Waals surface area (Å²) in [4.78, 5) is 24.1. The second-order valence-electron chi connectivity index (χ2n) is 10.1. The van der Waals surface area contributed by atoms with Crippen LogP contribution in [0.1, 0.15) is 23.1 Å². The van der Waals surface area contributed by atoms with E-state index in [1.54, 1.807) is 48.5 Å². The van der Waals surface area contributed by atoms with Crippen LogP contribution in [-0.2, 0) is 38.8 Å². The molecule has 8 nitrogen and oxygen atoms in total. The van der Waals surface area contributed by atoms with Crippen molar-refractivity contribution in [1.82, 2.24) is 5.32 Å². The molecule has 5 rings (SSSR count). The Hall–Kier alpha value is -4.84. The second kappa shape index (κ2) is 12.4. The highest BCUT2D eigenvalue weighted by Crippen LogP contribution is 2.38. The molecule has 1 amide bonds. The zero-order valence-electron chi connectivity index (χ0n) is 23.1. The topological polar surface area (TPSA) is 113 Å². The van der Waals surface area contributed by atoms with Crippen molar-refractivity contribution in [3.8, 4) is 16.9 Å². The van der Waals surface area contributed by atoms with Gasteiger partial charge in [-0.2, -0.15) is 13.2 Å². The fourth-order valence-corrected chi connectivity index (χ4v) is 6.62. The Morgan fingerprint density at radius 2 is 1.64 bits per heavy atom. The van der Waals surface area contributed by atoms with Crippen LogP contribution in [0.3, 0.4) is 0 Å². The molecule has 1 atom stereocenters. The number of alkyl halides is 3. The van der Waals surface area contributed by atoms with Crippen molar-refractivity contribution in [3.05, 3.63) is 114 Å². The molecule has 44 heavy (non-hydrogen) atoms. The minimum atomic E-state index is -4.52. The maximum absolute atomic E-state index is 14.0. The van der Waals surface area contributed by atoms with Crippen molar-refractivity contribution in [1.29, 1.82) is 0 Å². The Bertz CT molecular complexity index is 1790. The Labute approximate surface area is 251 Å². The van der Waals surface area contributed by atoms with E-state index in [2.05, 4.69) is 5.32 Å². The van der Waals surface area contributed by atoms with Crippen molar-refractivity contribution >= 4 is 27.6 Å². The van der Waals surface area contributed by atoms with E-state index >= 15 is 0 Å². The number of para-hydroxylation sites is 1. The number of carbonyl (C=O) groups excluding carboxylic acids is 1. The number of nitrogens with zero attached hydrogens (tertiary/aromatic N) is 1. The smallest absolute Gasteiger partial charge is 0.416 e. The van der Waals surface area contributed by atoms with Crippen molar-refractivity contribution in [3.63, 3.8) is 0 Å². The van der Waals surface area contributed by atoms with Crippen LogP contribution < -0.4 is 14.4 Å². The number of rotatable bonds is 10. The predicted octanol–water partition coefficient (Wildman–Crippen LogP) is 5.66. The van der Waals surface area contributed by atoms with Crippen molar-refractivity contribution in [2.75, 3.05) is 10.9 Å². The third-order valence-electron chi connectivity index (χ3n) is 7.11. The molecule has 4 aromatic carbocycles. The molecule has 0 fully saturated rings. The first-order valence-electron chi connectivity index (χ1n) is 13.5. The van der Waals surface area contributed by atoms with Gasteiger partial charge in [0, 0.05) is 13.0 Å². The number of carboxylic acid groups (broad SMARTS) is 1. The summed E-state index contributed by atoms with van der Waals surface area (Å²) in [6.45, 7) is 0.0562. The quantitative estimate of drug-likeness (QED) is 0.236. The van der Waals surface area contributed by atoms with Gasteiger partial charge in [-0.25, -0.2) is 8.42 Å². The molecule has 0 radical (unpaired) electrons. The molecule has 1 aliphatic rings. The molecule has 1 aliphatic heterocycles. The van der Waals surface area contributed by atoms with E-state index in [9.17, 15) is 31.2 Å². The maximum Gasteiger partial charge on any atom is 0.416 e. The van der Waals surface area contributed by atoms with Crippen molar-refractivity contribution < 1.29 is 41.0 Å². The minimum Gasteiger partial charge on any atom is -0.493 e. The largest absolute Gasteiger partial charge is 0.493 e. The van der Waals surface area contributed by atoms with Crippen LogP contribution >= 0.6 is 0 Å². The van der Waals surface area contributed by atoms with Gasteiger partial charge in [-0.05, 0) is 64.7 Å². The van der Waals surface area contributed by atoms with Crippen LogP contribution in [-0.4, -0.2) is 38.0 Å². The van der Waals surface area contributed by atoms with E-state index in [1.165, 1.54) is 36.4 Å². The number of ether oxygens (including phenoxy) is 1. The number of carboxylic acids is 1. The summed E-state index contributed by atoms with van der Waals surface area (Å²) in [5.74, 6) is -1.08. The van der Waals surface area contributed by atoms with Gasteiger partial charge in [0.1, 0.15) is 11.8 Å². The third-order valence-corrected chi connectivity index (χ3v) is 8.95. The van der Waals surface area contributed by atoms with Crippen LogP contribution in [0, 0.1) is 0 Å². The Kier molecular flexibility index (Phi) is 8.63. The van der Waals surface area contributed by atoms with Gasteiger partial charge in [0.2, 0.25) is 5.91 Å². The molecule has 12 heteroatoms. The average molecular weight is 625 g/mol. The van der Waals surface area contributed by atoms with E-state index in [0.717, 1.165) is 16.4 Å². The highest BCUT2D eigenvalue weighted by atomic mass is 32.2. The van der Waals surface area contributed by atoms with Crippen LogP contribution in [0.2, 0.25) is 0 Å². The lowest BCUT2D eigenvalue weighted by molar-refractivity contribution is -0.138. The monoisotopic (exact) mass is 624 g/mol. The lowest BCUT2D eigenvalue weighted by Crippen LogP contribution is -2.47. The number of nitrogens with one attached hydrogen (secondary N) is 1. The Morgan fingerprint density at radius 3 is 2.36 bits per heavy atom. The first kappa shape index (κ1) is 30.6. The highest BCUT2D eigenvalue weighted by molar-refractivity contribution is 7.93. The zero-order valence-corrected chi connectivity index (χ0v) is 23.9. The molecule has 228 valence electrons. The summed E-state index contributed by atoms with van der Waals surface area (Å²) in [6.07, 6.45) is -4.54. The molecule has 4 aromatic rings. The molecule has 0 aromatic heterocycles. The van der Waals surface area contributed by atoms with Crippen LogP contribution in [0.15, 0.2) is 102 Å². The number of amides is 1. The van der Waals surface area contributed by atoms with E-state index in [4.69, 9.17) is 9.84 Å². The normalized spacial score (nSPS) is 14.6. The Morgan fingerprint density at radius 1 is 0.909 bits per heavy atom. The number of hydrogen-bond acceptors (Lipinski definition) is 5. The number of aliphatic carboxylic acids is 1. The van der Waals surface area contributed by atoms with Gasteiger partial charge >= 0.3 is 12.1 Å². The molecule has 0 spiro atoms. The average Bonchev–Trinajstić information content (AvgIpc) is 3.40. The molecule has 0 aliphatic carbocycles. The molecular formula is C32H27F3N2O6S. The summed E-state index contributed by atoms with van der Waals surface area (Å²) >= 11 is 0. The molecule has 2 N–H and O–H groups in total. The second-order valence-corrected chi connectivity index (χ2v) is 11.9. The van der Waals surface area contributed by atoms with E-state index < -0.39 is 39.7 Å². The van der Waals surface area contributed by atoms with Gasteiger partial charge in [-0.1, -0.05) is 54.6 Å². The predicted molar refractivity (Wildman–Crippen MR) is 157 cm³/mol. The number of benzene rings is 4. The van der Waals surface area contributed by atoms with Gasteiger partial charge in [0.05, 0.1) is 29.2 Å². The summed E-state index contributed by atoms with van der Waals surface area (Å²) in [6, 6.07) is 22.7. The number of carbonyl (C=O) groups is 2. The highest BCUT2D eigenvalue weighted by Gasteiger charge is 2.42. The van der Waals surface area contributed by atoms with Crippen LogP contribution in [0.4, 0.5) is 18.9 Å². The van der Waals surface area contributed by atoms with E-state index in [-0.39, 0.29) is 36.5 Å². The Balaban J connectivity index is 1.36. The molecular weight excluding hydrogens is 597 g/mol. The molecule has 0 unspecified atom stereocenters. The van der Waals surface area contributed by atoms with Gasteiger partial charge in [-0.3, -0.25) is 13.9 Å². The number of anilines is 1. The summed E-state index contributed by atoms with van der Waals surface area (Å²) in [5, 5.41) is 11.6. The fraction of sp³-hybridized carbons (Fsp3) is 0.188. The van der Waals surface area contributed by atoms with Gasteiger partial charge in [0.25, 0.3) is 10.0 Å². The molecule has 0 bridgehead atoms. The van der Waals surface area contributed by atoms with Crippen molar-refractivity contribution in [2.45, 2.75) is 36.5 Å². The minimum absolute atomic E-state index is 0.0147. The zero-order chi connectivity index (χ0) is 31.5. The molecule has 1 heterocycles. The number of halogens is 3. The van der Waals surface area contributed by atoms with E-state index in [0.29, 0.717) is 28.1 Å². The fourth-order valence-electron chi connectivity index (χ4n) is 4.97. The summed E-state index contributed by atoms with van der Waals surface area (Å²) in [7, 11) is -4.26. The standard InChI is InChI=1S/C32H27F3N2O6S/c33-32(34,35)25-8-4-7-23(18-25)22-11-13-27(14-12-22)44(41,42)37-28-10-2-1-6-24(28)19-29(37)31(40)36-20-21-5-3-9-26(17-21)43-16-15-30(38)39/h1-14,17-18,29H,15-16,19-20H2,(H,36,40)(H,38,39)/t29-/m0/s1. The number of fused-ring (bicyclic) bond motifs is 1.